The van der Waals surface area contributed by atoms with Gasteiger partial charge >= 0.3 is 5.97 Å². The molecule has 0 spiro atoms. The van der Waals surface area contributed by atoms with Crippen LogP contribution in [0.4, 0.5) is 0 Å². The number of rotatable bonds is 18. The second kappa shape index (κ2) is 25.2. The van der Waals surface area contributed by atoms with Crippen LogP contribution < -0.4 is 0 Å². The van der Waals surface area contributed by atoms with Crippen molar-refractivity contribution in [2.45, 2.75) is 212 Å². The van der Waals surface area contributed by atoms with E-state index in [-0.39, 0.29) is 23.7 Å². The van der Waals surface area contributed by atoms with Crippen LogP contribution in [0.5, 0.6) is 0 Å². The Hall–Kier alpha value is -4.15. The lowest BCUT2D eigenvalue weighted by molar-refractivity contribution is -0.360. The van der Waals surface area contributed by atoms with Crippen LogP contribution in [-0.2, 0) is 56.9 Å². The lowest BCUT2D eigenvalue weighted by Crippen LogP contribution is -2.63. The van der Waals surface area contributed by atoms with Crippen molar-refractivity contribution in [3.8, 4) is 0 Å². The van der Waals surface area contributed by atoms with Crippen LogP contribution >= 0.6 is 0 Å². The van der Waals surface area contributed by atoms with Crippen LogP contribution in [0.2, 0.25) is 0 Å². The molecule has 0 aliphatic carbocycles. The number of carbonyl (C=O) groups excluding carboxylic acids is 2. The maximum Gasteiger partial charge on any atom is 0.338 e. The van der Waals surface area contributed by atoms with Gasteiger partial charge in [0.2, 0.25) is 0 Å². The van der Waals surface area contributed by atoms with E-state index in [1.807, 2.05) is 55.4 Å². The van der Waals surface area contributed by atoms with Crippen LogP contribution in [0.25, 0.3) is 31.3 Å². The number of carbonyl (C=O) groups is 2. The number of aliphatic hydroxyl groups is 1. The maximum absolute atomic E-state index is 13.8. The van der Waals surface area contributed by atoms with Crippen molar-refractivity contribution < 1.29 is 66.8 Å². The largest absolute Gasteiger partial charge is 0.453 e. The number of nitrogens with zero attached hydrogens (tertiary/aromatic N) is 9. The molecule has 1 N–H and O–H groups in total. The van der Waals surface area contributed by atoms with E-state index in [0.29, 0.717) is 24.8 Å². The highest BCUT2D eigenvalue weighted by molar-refractivity contribution is 5.89. The standard InChI is InChI=1S/C48H73N9O14/c1-13-30-21(4)22(5)33(52-55-49)45(63-30)70-40-25(8)36(59)47(71-42(40)27(10)58)68-38-24(7)35(54-57-51)46(65-32(38)15-3)67-37-26(9)41(66-43(60)29-19-17-16-18-20-29)48(62-28(37)11)69-39-23(6)34(53-56-50)44(61-12)64-31(39)14-2/h16-26,28,30-42,44-48,59H,13-15H2,1-12H3/t21-,22?,23?,24?,25?,26?,28?,30-,31?,32?,33-,34-,35-,36-,37-,38-,39-,40-,41-,42-,44-,45+,46+,47+,48+/m0/s1. The van der Waals surface area contributed by atoms with E-state index in [4.69, 9.17) is 52.1 Å². The molecule has 71 heavy (non-hydrogen) atoms. The summed E-state index contributed by atoms with van der Waals surface area (Å²) in [6.07, 6.45) is -12.9. The number of hydrogen-bond acceptors (Lipinski definition) is 17. The maximum atomic E-state index is 13.8. The summed E-state index contributed by atoms with van der Waals surface area (Å²) in [4.78, 5) is 36.4. The third kappa shape index (κ3) is 12.1. The van der Waals surface area contributed by atoms with Crippen molar-refractivity contribution in [2.75, 3.05) is 7.11 Å². The number of benzene rings is 1. The number of azide groups is 3. The van der Waals surface area contributed by atoms with Gasteiger partial charge < -0.3 is 57.2 Å². The molecule has 1 aromatic rings. The van der Waals surface area contributed by atoms with Crippen LogP contribution in [0.3, 0.4) is 0 Å². The molecule has 5 heterocycles. The molecule has 5 fully saturated rings. The van der Waals surface area contributed by atoms with E-state index >= 15 is 0 Å². The SMILES string of the molecule is CCC1O[C@H](O[C@@H]2C(C)O[C@H](O[C@@H]3C(CC)O[C@H](OC)[C@@H](N=[N+]=[N-])C3C)[C@@H](OC(=O)c3ccccc3)C2C)[C@@H](N=[N+]=[N-])C(C)[C@@H]1O[C@@H]1O[C@@H](C(C)=O)[C@@H](O[C@H]2O[C@@H](CC)[C@@H](C)C(C)[C@@H]2N=[N+]=[N-])C(C)[C@@H]1O. The van der Waals surface area contributed by atoms with Crippen molar-refractivity contribution in [3.63, 3.8) is 0 Å². The fourth-order valence-corrected chi connectivity index (χ4v) is 10.9. The summed E-state index contributed by atoms with van der Waals surface area (Å²) < 4.78 is 70.4. The predicted molar refractivity (Wildman–Crippen MR) is 252 cm³/mol. The molecule has 0 aromatic heterocycles. The molecule has 1 aromatic carbocycles. The van der Waals surface area contributed by atoms with Gasteiger partial charge in [0.05, 0.1) is 72.5 Å². The molecule has 5 aliphatic rings. The van der Waals surface area contributed by atoms with E-state index in [9.17, 15) is 31.3 Å². The summed E-state index contributed by atoms with van der Waals surface area (Å²) in [5.74, 6) is -3.43. The number of esters is 1. The zero-order valence-electron chi connectivity index (χ0n) is 42.7. The van der Waals surface area contributed by atoms with Gasteiger partial charge in [0.15, 0.2) is 43.3 Å². The summed E-state index contributed by atoms with van der Waals surface area (Å²) in [6.45, 7) is 20.2. The van der Waals surface area contributed by atoms with E-state index < -0.39 is 140 Å². The summed E-state index contributed by atoms with van der Waals surface area (Å²) in [6, 6.07) is 6.06. The summed E-state index contributed by atoms with van der Waals surface area (Å²) in [7, 11) is 1.48. The van der Waals surface area contributed by atoms with Crippen LogP contribution in [0.1, 0.15) is 106 Å². The van der Waals surface area contributed by atoms with Gasteiger partial charge in [0.25, 0.3) is 0 Å². The number of hydrogen-bond donors (Lipinski definition) is 1. The smallest absolute Gasteiger partial charge is 0.338 e. The topological polar surface area (TPSA) is 302 Å². The Morgan fingerprint density at radius 3 is 1.56 bits per heavy atom. The molecule has 23 heteroatoms. The monoisotopic (exact) mass is 1000 g/mol. The minimum absolute atomic E-state index is 0.0658. The molecule has 6 rings (SSSR count). The molecule has 23 nitrogen and oxygen atoms in total. The second-order valence-electron chi connectivity index (χ2n) is 19.7. The first kappa shape index (κ1) is 56.2. The van der Waals surface area contributed by atoms with Gasteiger partial charge in [-0.1, -0.05) is 95.9 Å². The van der Waals surface area contributed by atoms with E-state index in [1.165, 1.54) is 14.0 Å². The Kier molecular flexibility index (Phi) is 19.9. The molecule has 5 saturated heterocycles. The summed E-state index contributed by atoms with van der Waals surface area (Å²) in [5, 5.41) is 24.0. The number of ketones is 1. The highest BCUT2D eigenvalue weighted by Crippen LogP contribution is 2.43. The Balaban J connectivity index is 1.22. The quantitative estimate of drug-likeness (QED) is 0.0629. The third-order valence-corrected chi connectivity index (χ3v) is 15.4. The Morgan fingerprint density at radius 2 is 1.04 bits per heavy atom. The number of methoxy groups -OCH3 is 1. The minimum atomic E-state index is -1.34. The molecule has 25 atom stereocenters. The first-order valence-corrected chi connectivity index (χ1v) is 25.0. The summed E-state index contributed by atoms with van der Waals surface area (Å²) >= 11 is 0. The van der Waals surface area contributed by atoms with E-state index in [2.05, 4.69) is 30.1 Å². The van der Waals surface area contributed by atoms with Gasteiger partial charge in [-0.25, -0.2) is 4.79 Å². The van der Waals surface area contributed by atoms with Crippen molar-refractivity contribution in [2.24, 2.45) is 50.9 Å². The van der Waals surface area contributed by atoms with Crippen molar-refractivity contribution in [3.05, 3.63) is 67.2 Å². The summed E-state index contributed by atoms with van der Waals surface area (Å²) in [5.41, 5.74) is 29.1. The van der Waals surface area contributed by atoms with Gasteiger partial charge in [-0.15, -0.1) is 0 Å². The van der Waals surface area contributed by atoms with Gasteiger partial charge in [-0.3, -0.25) is 4.79 Å². The second-order valence-corrected chi connectivity index (χ2v) is 19.7. The first-order valence-electron chi connectivity index (χ1n) is 25.0. The normalized spacial score (nSPS) is 43.7. The fourth-order valence-electron chi connectivity index (χ4n) is 10.9. The highest BCUT2D eigenvalue weighted by atomic mass is 16.8. The average molecular weight is 1000 g/mol. The van der Waals surface area contributed by atoms with Crippen LogP contribution in [-0.4, -0.2) is 141 Å². The van der Waals surface area contributed by atoms with Crippen molar-refractivity contribution in [1.82, 2.24) is 0 Å². The molecule has 5 aliphatic heterocycles. The van der Waals surface area contributed by atoms with Crippen LogP contribution in [0.15, 0.2) is 45.7 Å². The number of ether oxygens (including phenoxy) is 11. The number of Topliss-reactive ketones (excluding diaryl/α,β-unsaturated/α-hetero) is 1. The average Bonchev–Trinajstić information content (AvgIpc) is 3.36. The molecule has 0 radical (unpaired) electrons. The van der Waals surface area contributed by atoms with Gasteiger partial charge in [0.1, 0.15) is 12.2 Å². The lowest BCUT2D eigenvalue weighted by Gasteiger charge is -2.51. The zero-order valence-corrected chi connectivity index (χ0v) is 42.7. The molecular weight excluding hydrogens is 927 g/mol. The third-order valence-electron chi connectivity index (χ3n) is 15.4. The van der Waals surface area contributed by atoms with Crippen molar-refractivity contribution in [1.29, 1.82) is 0 Å². The highest BCUT2D eigenvalue weighted by Gasteiger charge is 2.55. The minimum Gasteiger partial charge on any atom is -0.453 e. The molecule has 8 unspecified atom stereocenters. The molecule has 394 valence electrons. The Morgan fingerprint density at radius 1 is 0.563 bits per heavy atom. The Bertz CT molecular complexity index is 2080. The van der Waals surface area contributed by atoms with Crippen molar-refractivity contribution >= 4 is 11.8 Å². The van der Waals surface area contributed by atoms with Gasteiger partial charge in [-0.2, -0.15) is 0 Å². The predicted octanol–water partition coefficient (Wildman–Crippen LogP) is 8.08. The molecule has 0 bridgehead atoms. The first-order chi connectivity index (χ1) is 34.0. The van der Waals surface area contributed by atoms with Gasteiger partial charge in [-0.05, 0) is 85.5 Å². The number of aliphatic hydroxyl groups excluding tert-OH is 1. The molecular formula is C48H73N9O14. The lowest BCUT2D eigenvalue weighted by atomic mass is 9.81. The Labute approximate surface area is 414 Å². The fraction of sp³-hybridized carbons (Fsp3) is 0.833. The molecule has 0 saturated carbocycles. The van der Waals surface area contributed by atoms with Crippen LogP contribution in [0, 0.1) is 35.5 Å². The van der Waals surface area contributed by atoms with E-state index in [0.717, 1.165) is 0 Å². The van der Waals surface area contributed by atoms with E-state index in [1.54, 1.807) is 44.2 Å². The van der Waals surface area contributed by atoms with Gasteiger partial charge in [0, 0.05) is 33.7 Å². The zero-order chi connectivity index (χ0) is 51.8. The molecule has 0 amide bonds.